The van der Waals surface area contributed by atoms with E-state index in [0.717, 1.165) is 23.3 Å². The van der Waals surface area contributed by atoms with E-state index in [1.807, 2.05) is 0 Å². The molecule has 180 valence electrons. The van der Waals surface area contributed by atoms with Crippen LogP contribution in [-0.2, 0) is 23.6 Å². The summed E-state index contributed by atoms with van der Waals surface area (Å²) in [6, 6.07) is 1.00. The summed E-state index contributed by atoms with van der Waals surface area (Å²) in [5, 5.41) is 13.6. The maximum atomic E-state index is 13.0. The molecule has 0 spiro atoms. The van der Waals surface area contributed by atoms with E-state index in [2.05, 4.69) is 30.9 Å². The summed E-state index contributed by atoms with van der Waals surface area (Å²) in [6.07, 6.45) is -4.08. The molecule has 0 saturated carbocycles. The molecule has 0 saturated heterocycles. The molecule has 9 nitrogen and oxygen atoms in total. The molecule has 0 aliphatic rings. The lowest BCUT2D eigenvalue weighted by atomic mass is 10.0. The number of hydrogen-bond acceptors (Lipinski definition) is 7. The lowest BCUT2D eigenvalue weighted by Crippen LogP contribution is -2.44. The van der Waals surface area contributed by atoms with E-state index in [1.54, 1.807) is 0 Å². The normalized spacial score (nSPS) is 13.3. The fraction of sp³-hybridized carbons (Fsp3) is 0.211. The topological polar surface area (TPSA) is 118 Å². The Labute approximate surface area is 187 Å². The van der Waals surface area contributed by atoms with Crippen molar-refractivity contribution in [3.63, 3.8) is 0 Å². The number of aliphatic hydroxyl groups excluding tert-OH is 1. The zero-order valence-electron chi connectivity index (χ0n) is 16.8. The molecule has 2 aromatic heterocycles. The predicted molar refractivity (Wildman–Crippen MR) is 104 cm³/mol. The number of aromatic nitrogens is 5. The van der Waals surface area contributed by atoms with Gasteiger partial charge in [0.15, 0.2) is 5.82 Å². The number of nitrogens with zero attached hydrogens (tertiary/aromatic N) is 5. The molecule has 3 N–H and O–H groups in total. The summed E-state index contributed by atoms with van der Waals surface area (Å²) >= 11 is 0. The molecule has 15 heteroatoms. The first-order valence-corrected chi connectivity index (χ1v) is 9.28. The third-order valence-corrected chi connectivity index (χ3v) is 4.09. The Kier molecular flexibility index (Phi) is 7.26. The second kappa shape index (κ2) is 9.96. The molecule has 1 amide bonds. The van der Waals surface area contributed by atoms with Crippen LogP contribution in [0.3, 0.4) is 0 Å². The van der Waals surface area contributed by atoms with E-state index < -0.39 is 47.0 Å². The van der Waals surface area contributed by atoms with Crippen LogP contribution in [0.15, 0.2) is 49.2 Å². The fourth-order valence-electron chi connectivity index (χ4n) is 2.57. The molecule has 2 heterocycles. The summed E-state index contributed by atoms with van der Waals surface area (Å²) in [4.78, 5) is 23.2. The molecule has 1 unspecified atom stereocenters. The summed E-state index contributed by atoms with van der Waals surface area (Å²) in [7, 11) is 0. The third kappa shape index (κ3) is 6.82. The van der Waals surface area contributed by atoms with Gasteiger partial charge in [0.05, 0.1) is 23.2 Å². The maximum absolute atomic E-state index is 13.0. The number of nitrogens with one attached hydrogen (secondary N) is 2. The third-order valence-electron chi connectivity index (χ3n) is 4.09. The summed E-state index contributed by atoms with van der Waals surface area (Å²) < 4.78 is 79.1. The van der Waals surface area contributed by atoms with E-state index in [-0.39, 0.29) is 12.5 Å². The van der Waals surface area contributed by atoms with Gasteiger partial charge < -0.3 is 5.11 Å². The number of hydrazine groups is 1. The van der Waals surface area contributed by atoms with Gasteiger partial charge in [-0.3, -0.25) is 20.2 Å². The second-order valence-electron chi connectivity index (χ2n) is 6.70. The van der Waals surface area contributed by atoms with Crippen molar-refractivity contribution >= 4 is 12.1 Å². The number of alkyl halides is 6. The van der Waals surface area contributed by atoms with Crippen LogP contribution >= 0.6 is 0 Å². The minimum absolute atomic E-state index is 0.00108. The standard InChI is InChI=1S/C19H15F6N7O2/c20-18(21,22)12-5-11(6-13(7-12)19(23,24)25)17-28-10-32(31-17)4-1-15(33)29-30-16(34)8-14-9-26-2-3-27-14/h1-7,9-10,15,29,33H,8H2,(H,30,34)/b4-1-. The highest BCUT2D eigenvalue weighted by Crippen LogP contribution is 2.38. The fourth-order valence-corrected chi connectivity index (χ4v) is 2.57. The lowest BCUT2D eigenvalue weighted by Gasteiger charge is -2.13. The summed E-state index contributed by atoms with van der Waals surface area (Å²) in [6.45, 7) is 0. The first-order valence-electron chi connectivity index (χ1n) is 9.28. The average molecular weight is 487 g/mol. The van der Waals surface area contributed by atoms with Crippen molar-refractivity contribution in [2.45, 2.75) is 25.0 Å². The van der Waals surface area contributed by atoms with E-state index >= 15 is 0 Å². The van der Waals surface area contributed by atoms with Crippen LogP contribution in [0.1, 0.15) is 16.8 Å². The van der Waals surface area contributed by atoms with Crippen molar-refractivity contribution in [3.8, 4) is 11.4 Å². The number of amides is 1. The number of carbonyl (C=O) groups excluding carboxylic acids is 1. The van der Waals surface area contributed by atoms with E-state index in [0.29, 0.717) is 17.8 Å². The maximum Gasteiger partial charge on any atom is 0.416 e. The number of hydrogen-bond donors (Lipinski definition) is 3. The Balaban J connectivity index is 1.66. The molecule has 0 aliphatic carbocycles. The van der Waals surface area contributed by atoms with Gasteiger partial charge in [-0.1, -0.05) is 0 Å². The molecular formula is C19H15F6N7O2. The number of rotatable bonds is 7. The quantitative estimate of drug-likeness (QED) is 0.266. The first kappa shape index (κ1) is 24.8. The summed E-state index contributed by atoms with van der Waals surface area (Å²) in [5.41, 5.74) is 1.39. The second-order valence-corrected chi connectivity index (χ2v) is 6.70. The predicted octanol–water partition coefficient (Wildman–Crippen LogP) is 2.43. The van der Waals surface area contributed by atoms with Gasteiger partial charge in [-0.15, -0.1) is 5.10 Å². The van der Waals surface area contributed by atoms with Crippen LogP contribution in [0.25, 0.3) is 17.6 Å². The zero-order chi connectivity index (χ0) is 24.9. The molecule has 3 aromatic rings. The van der Waals surface area contributed by atoms with Crippen LogP contribution in [-0.4, -0.2) is 42.0 Å². The molecule has 0 aliphatic heterocycles. The first-order chi connectivity index (χ1) is 15.9. The van der Waals surface area contributed by atoms with Gasteiger partial charge in [-0.25, -0.2) is 15.1 Å². The van der Waals surface area contributed by atoms with Gasteiger partial charge in [0.25, 0.3) is 0 Å². The molecule has 0 fully saturated rings. The van der Waals surface area contributed by atoms with E-state index in [1.165, 1.54) is 18.6 Å². The van der Waals surface area contributed by atoms with Gasteiger partial charge in [-0.2, -0.15) is 26.3 Å². The Morgan fingerprint density at radius 2 is 1.74 bits per heavy atom. The van der Waals surface area contributed by atoms with Crippen LogP contribution in [0.5, 0.6) is 0 Å². The smallest absolute Gasteiger partial charge is 0.373 e. The minimum atomic E-state index is -5.01. The highest BCUT2D eigenvalue weighted by molar-refractivity contribution is 5.77. The van der Waals surface area contributed by atoms with Crippen molar-refractivity contribution in [1.29, 1.82) is 0 Å². The average Bonchev–Trinajstić information content (AvgIpc) is 3.25. The Hall–Kier alpha value is -3.85. The lowest BCUT2D eigenvalue weighted by molar-refractivity contribution is -0.143. The van der Waals surface area contributed by atoms with Crippen molar-refractivity contribution in [2.75, 3.05) is 0 Å². The van der Waals surface area contributed by atoms with Crippen molar-refractivity contribution in [3.05, 3.63) is 66.0 Å². The van der Waals surface area contributed by atoms with Crippen LogP contribution in [0.2, 0.25) is 0 Å². The molecule has 1 aromatic carbocycles. The minimum Gasteiger partial charge on any atom is -0.373 e. The Morgan fingerprint density at radius 3 is 2.32 bits per heavy atom. The number of carbonyl (C=O) groups is 1. The van der Waals surface area contributed by atoms with E-state index in [4.69, 9.17) is 0 Å². The van der Waals surface area contributed by atoms with E-state index in [9.17, 15) is 36.2 Å². The van der Waals surface area contributed by atoms with Crippen LogP contribution in [0.4, 0.5) is 26.3 Å². The highest BCUT2D eigenvalue weighted by atomic mass is 19.4. The molecular weight excluding hydrogens is 472 g/mol. The SMILES string of the molecule is O=C(Cc1cnccn1)NNC(O)/C=C\n1cnc(-c2cc(C(F)(F)F)cc(C(F)(F)F)c2)n1. The highest BCUT2D eigenvalue weighted by Gasteiger charge is 2.37. The summed E-state index contributed by atoms with van der Waals surface area (Å²) in [5.74, 6) is -0.929. The van der Waals surface area contributed by atoms with Crippen LogP contribution in [0, 0.1) is 0 Å². The molecule has 0 radical (unpaired) electrons. The molecule has 1 atom stereocenters. The van der Waals surface area contributed by atoms with Gasteiger partial charge in [-0.05, 0) is 24.3 Å². The molecule has 34 heavy (non-hydrogen) atoms. The van der Waals surface area contributed by atoms with Crippen molar-refractivity contribution in [1.82, 2.24) is 35.6 Å². The Bertz CT molecular complexity index is 1130. The molecule has 0 bridgehead atoms. The number of halogens is 6. The van der Waals surface area contributed by atoms with Crippen molar-refractivity contribution < 1.29 is 36.2 Å². The van der Waals surface area contributed by atoms with Gasteiger partial charge in [0.2, 0.25) is 5.91 Å². The van der Waals surface area contributed by atoms with Crippen LogP contribution < -0.4 is 10.9 Å². The van der Waals surface area contributed by atoms with Gasteiger partial charge in [0.1, 0.15) is 12.6 Å². The molecule has 3 rings (SSSR count). The van der Waals surface area contributed by atoms with Gasteiger partial charge in [0, 0.05) is 30.4 Å². The van der Waals surface area contributed by atoms with Crippen molar-refractivity contribution in [2.24, 2.45) is 0 Å². The zero-order valence-corrected chi connectivity index (χ0v) is 16.8. The monoisotopic (exact) mass is 487 g/mol. The number of benzene rings is 1. The Morgan fingerprint density at radius 1 is 1.06 bits per heavy atom. The largest absolute Gasteiger partial charge is 0.416 e. The van der Waals surface area contributed by atoms with Gasteiger partial charge >= 0.3 is 12.4 Å². The number of aliphatic hydroxyl groups is 1.